The van der Waals surface area contributed by atoms with Gasteiger partial charge in [0.1, 0.15) is 12.3 Å². The molecular weight excluding hydrogens is 324 g/mol. The molecule has 24 heavy (non-hydrogen) atoms. The normalized spacial score (nSPS) is 10.3. The molecule has 0 saturated carbocycles. The first-order valence-corrected chi connectivity index (χ1v) is 8.65. The van der Waals surface area contributed by atoms with Crippen molar-refractivity contribution in [3.05, 3.63) is 46.2 Å². The van der Waals surface area contributed by atoms with Gasteiger partial charge in [0.05, 0.1) is 17.7 Å². The van der Waals surface area contributed by atoms with E-state index in [1.54, 1.807) is 24.1 Å². The predicted molar refractivity (Wildman–Crippen MR) is 96.9 cm³/mol. The fourth-order valence-corrected chi connectivity index (χ4v) is 3.17. The average molecular weight is 346 g/mol. The second-order valence-corrected chi connectivity index (χ2v) is 6.67. The number of carbonyl (C=O) groups excluding carboxylic acids is 2. The van der Waals surface area contributed by atoms with Crippen molar-refractivity contribution in [2.24, 2.45) is 0 Å². The van der Waals surface area contributed by atoms with E-state index in [9.17, 15) is 9.59 Å². The van der Waals surface area contributed by atoms with E-state index in [1.165, 1.54) is 11.3 Å². The number of para-hydroxylation sites is 2. The molecule has 2 aromatic rings. The van der Waals surface area contributed by atoms with Gasteiger partial charge in [-0.25, -0.2) is 0 Å². The van der Waals surface area contributed by atoms with Gasteiger partial charge >= 0.3 is 0 Å². The van der Waals surface area contributed by atoms with Crippen molar-refractivity contribution in [1.29, 1.82) is 0 Å². The molecule has 2 rings (SSSR count). The topological polar surface area (TPSA) is 58.6 Å². The number of amides is 2. The van der Waals surface area contributed by atoms with Crippen LogP contribution in [0.15, 0.2) is 36.4 Å². The van der Waals surface area contributed by atoms with E-state index in [4.69, 9.17) is 4.74 Å². The number of hydrogen-bond donors (Lipinski definition) is 1. The summed E-state index contributed by atoms with van der Waals surface area (Å²) >= 11 is 1.44. The highest BCUT2D eigenvalue weighted by atomic mass is 32.1. The number of thiophene rings is 1. The molecule has 1 aromatic carbocycles. The summed E-state index contributed by atoms with van der Waals surface area (Å²) in [6, 6.07) is 10.9. The van der Waals surface area contributed by atoms with Crippen LogP contribution in [0.3, 0.4) is 0 Å². The van der Waals surface area contributed by atoms with E-state index < -0.39 is 0 Å². The Morgan fingerprint density at radius 3 is 2.58 bits per heavy atom. The first-order chi connectivity index (χ1) is 11.5. The van der Waals surface area contributed by atoms with Crippen LogP contribution in [0.1, 0.15) is 27.9 Å². The minimum absolute atomic E-state index is 0.0155. The molecule has 0 saturated heterocycles. The van der Waals surface area contributed by atoms with E-state index in [-0.39, 0.29) is 18.4 Å². The van der Waals surface area contributed by atoms with E-state index in [2.05, 4.69) is 5.32 Å². The number of nitrogens with zero attached hydrogens (tertiary/aromatic N) is 1. The summed E-state index contributed by atoms with van der Waals surface area (Å²) in [5.41, 5.74) is 0.598. The lowest BCUT2D eigenvalue weighted by atomic mass is 10.3. The largest absolute Gasteiger partial charge is 0.495 e. The lowest BCUT2D eigenvalue weighted by Crippen LogP contribution is -2.38. The van der Waals surface area contributed by atoms with Crippen molar-refractivity contribution in [2.75, 3.05) is 25.5 Å². The second kappa shape index (κ2) is 8.49. The van der Waals surface area contributed by atoms with Gasteiger partial charge in [0, 0.05) is 11.4 Å². The lowest BCUT2D eigenvalue weighted by molar-refractivity contribution is -0.116. The van der Waals surface area contributed by atoms with E-state index >= 15 is 0 Å². The maximum Gasteiger partial charge on any atom is 0.264 e. The number of benzene rings is 1. The minimum Gasteiger partial charge on any atom is -0.495 e. The van der Waals surface area contributed by atoms with Crippen LogP contribution in [-0.4, -0.2) is 36.9 Å². The first kappa shape index (κ1) is 18.0. The van der Waals surface area contributed by atoms with Crippen LogP contribution in [0.5, 0.6) is 5.75 Å². The molecule has 0 radical (unpaired) electrons. The minimum atomic E-state index is -0.241. The number of anilines is 1. The quantitative estimate of drug-likeness (QED) is 0.834. The zero-order chi connectivity index (χ0) is 17.5. The standard InChI is InChI=1S/C18H22N2O3S/c1-4-11-20(18(22)16-10-9-13(2)24-16)12-17(21)19-14-7-5-6-8-15(14)23-3/h5-10H,4,11-12H2,1-3H3,(H,19,21). The molecule has 0 bridgehead atoms. The Balaban J connectivity index is 2.06. The molecule has 0 atom stereocenters. The van der Waals surface area contributed by atoms with Crippen molar-refractivity contribution >= 4 is 28.8 Å². The summed E-state index contributed by atoms with van der Waals surface area (Å²) in [7, 11) is 1.55. The fraction of sp³-hybridized carbons (Fsp3) is 0.333. The van der Waals surface area contributed by atoms with Gasteiger partial charge in [0.2, 0.25) is 5.91 Å². The zero-order valence-electron chi connectivity index (χ0n) is 14.2. The van der Waals surface area contributed by atoms with Crippen molar-refractivity contribution in [3.8, 4) is 5.75 Å². The maximum atomic E-state index is 12.6. The van der Waals surface area contributed by atoms with Gasteiger partial charge in [0.25, 0.3) is 5.91 Å². The number of aryl methyl sites for hydroxylation is 1. The molecule has 128 valence electrons. The molecule has 1 N–H and O–H groups in total. The highest BCUT2D eigenvalue weighted by molar-refractivity contribution is 7.13. The van der Waals surface area contributed by atoms with Gasteiger partial charge in [-0.1, -0.05) is 19.1 Å². The molecule has 0 fully saturated rings. The van der Waals surface area contributed by atoms with E-state index in [0.29, 0.717) is 22.9 Å². The Bertz CT molecular complexity index is 712. The van der Waals surface area contributed by atoms with Gasteiger partial charge in [-0.05, 0) is 37.6 Å². The van der Waals surface area contributed by atoms with Crippen molar-refractivity contribution in [2.45, 2.75) is 20.3 Å². The summed E-state index contributed by atoms with van der Waals surface area (Å²) in [5.74, 6) is 0.243. The first-order valence-electron chi connectivity index (χ1n) is 7.83. The summed E-state index contributed by atoms with van der Waals surface area (Å²) in [6.07, 6.45) is 0.790. The summed E-state index contributed by atoms with van der Waals surface area (Å²) < 4.78 is 5.22. The molecule has 1 aromatic heterocycles. The van der Waals surface area contributed by atoms with Gasteiger partial charge in [-0.15, -0.1) is 11.3 Å². The van der Waals surface area contributed by atoms with Gasteiger partial charge in [-0.2, -0.15) is 0 Å². The molecule has 6 heteroatoms. The highest BCUT2D eigenvalue weighted by Crippen LogP contribution is 2.23. The van der Waals surface area contributed by atoms with Crippen LogP contribution >= 0.6 is 11.3 Å². The van der Waals surface area contributed by atoms with Crippen molar-refractivity contribution in [1.82, 2.24) is 4.90 Å². The molecule has 0 spiro atoms. The SMILES string of the molecule is CCCN(CC(=O)Nc1ccccc1OC)C(=O)c1ccc(C)s1. The van der Waals surface area contributed by atoms with Crippen molar-refractivity contribution < 1.29 is 14.3 Å². The summed E-state index contributed by atoms with van der Waals surface area (Å²) in [6.45, 7) is 4.49. The molecule has 1 heterocycles. The monoisotopic (exact) mass is 346 g/mol. The lowest BCUT2D eigenvalue weighted by Gasteiger charge is -2.21. The number of nitrogens with one attached hydrogen (secondary N) is 1. The fourth-order valence-electron chi connectivity index (χ4n) is 2.34. The molecule has 2 amide bonds. The third-order valence-corrected chi connectivity index (χ3v) is 4.44. The molecule has 5 nitrogen and oxygen atoms in total. The highest BCUT2D eigenvalue weighted by Gasteiger charge is 2.20. The molecular formula is C18H22N2O3S. The van der Waals surface area contributed by atoms with Crippen molar-refractivity contribution in [3.63, 3.8) is 0 Å². The summed E-state index contributed by atoms with van der Waals surface area (Å²) in [4.78, 5) is 28.3. The Morgan fingerprint density at radius 2 is 1.96 bits per heavy atom. The van der Waals surface area contributed by atoms with E-state index in [0.717, 1.165) is 11.3 Å². The molecule has 0 aliphatic heterocycles. The zero-order valence-corrected chi connectivity index (χ0v) is 15.0. The number of methoxy groups -OCH3 is 1. The Hall–Kier alpha value is -2.34. The van der Waals surface area contributed by atoms with Crippen LogP contribution in [-0.2, 0) is 4.79 Å². The molecule has 0 unspecified atom stereocenters. The van der Waals surface area contributed by atoms with Crippen LogP contribution in [0.25, 0.3) is 0 Å². The average Bonchev–Trinajstić information content (AvgIpc) is 3.00. The van der Waals surface area contributed by atoms with Gasteiger partial charge < -0.3 is 15.0 Å². The Kier molecular flexibility index (Phi) is 6.37. The van der Waals surface area contributed by atoms with Crippen LogP contribution in [0.4, 0.5) is 5.69 Å². The van der Waals surface area contributed by atoms with Gasteiger partial charge in [-0.3, -0.25) is 9.59 Å². The van der Waals surface area contributed by atoms with Crippen LogP contribution in [0.2, 0.25) is 0 Å². The molecule has 0 aliphatic rings. The molecule has 0 aliphatic carbocycles. The summed E-state index contributed by atoms with van der Waals surface area (Å²) in [5, 5.41) is 2.81. The Labute approximate surface area is 146 Å². The van der Waals surface area contributed by atoms with Crippen LogP contribution < -0.4 is 10.1 Å². The third kappa shape index (κ3) is 4.58. The number of ether oxygens (including phenoxy) is 1. The Morgan fingerprint density at radius 1 is 1.21 bits per heavy atom. The van der Waals surface area contributed by atoms with E-state index in [1.807, 2.05) is 38.1 Å². The van der Waals surface area contributed by atoms with Gasteiger partial charge in [0.15, 0.2) is 0 Å². The smallest absolute Gasteiger partial charge is 0.264 e. The number of carbonyl (C=O) groups is 2. The maximum absolute atomic E-state index is 12.6. The second-order valence-electron chi connectivity index (χ2n) is 5.39. The third-order valence-electron chi connectivity index (χ3n) is 3.45. The van der Waals surface area contributed by atoms with Crippen LogP contribution in [0, 0.1) is 6.92 Å². The number of rotatable bonds is 7. The predicted octanol–water partition coefficient (Wildman–Crippen LogP) is 3.56. The number of hydrogen-bond acceptors (Lipinski definition) is 4.